The Morgan fingerprint density at radius 1 is 1.10 bits per heavy atom. The van der Waals surface area contributed by atoms with Gasteiger partial charge in [-0.2, -0.15) is 0 Å². The summed E-state index contributed by atoms with van der Waals surface area (Å²) in [7, 11) is 0. The number of halogens is 3. The molecule has 0 saturated heterocycles. The van der Waals surface area contributed by atoms with E-state index >= 15 is 0 Å². The molecule has 0 bridgehead atoms. The van der Waals surface area contributed by atoms with Crippen molar-refractivity contribution in [1.82, 2.24) is 4.90 Å². The average Bonchev–Trinajstić information content (AvgIpc) is 1.88. The monoisotopic (exact) mass is 149 g/mol. The summed E-state index contributed by atoms with van der Waals surface area (Å²) in [6.07, 6.45) is 1.24. The van der Waals surface area contributed by atoms with Gasteiger partial charge in [0.2, 0.25) is 0 Å². The van der Waals surface area contributed by atoms with Gasteiger partial charge in [-0.15, -0.1) is 13.2 Å². The molecule has 0 fully saturated rings. The molecule has 1 nitrogen and oxygen atoms in total. The second kappa shape index (κ2) is 2.36. The fourth-order valence-electron chi connectivity index (χ4n) is 0.646. The molecule has 4 heteroatoms. The van der Waals surface area contributed by atoms with E-state index < -0.39 is 6.30 Å². The highest BCUT2D eigenvalue weighted by Crippen LogP contribution is 2.23. The first-order chi connectivity index (χ1) is 4.61. The van der Waals surface area contributed by atoms with Gasteiger partial charge in [0.15, 0.2) is 0 Å². The van der Waals surface area contributed by atoms with Crippen molar-refractivity contribution in [1.29, 1.82) is 0 Å². The molecule has 1 aliphatic rings. The van der Waals surface area contributed by atoms with E-state index in [9.17, 15) is 13.2 Å². The van der Waals surface area contributed by atoms with Crippen LogP contribution in [0.3, 0.4) is 0 Å². The fraction of sp³-hybridized carbons (Fsp3) is 0.333. The third kappa shape index (κ3) is 1.52. The van der Waals surface area contributed by atoms with Crippen LogP contribution in [0, 0.1) is 0 Å². The summed E-state index contributed by atoms with van der Waals surface area (Å²) in [5.74, 6) is 0. The molecule has 0 atom stereocenters. The van der Waals surface area contributed by atoms with Crippen LogP contribution in [0.1, 0.15) is 6.42 Å². The molecule has 0 amide bonds. The number of hydrogen-bond donors (Lipinski definition) is 0. The Labute approximate surface area is 56.4 Å². The zero-order valence-electron chi connectivity index (χ0n) is 5.10. The van der Waals surface area contributed by atoms with Crippen LogP contribution in [0.25, 0.3) is 0 Å². The van der Waals surface area contributed by atoms with Crippen molar-refractivity contribution in [3.8, 4) is 0 Å². The van der Waals surface area contributed by atoms with E-state index in [1.807, 2.05) is 0 Å². The van der Waals surface area contributed by atoms with Crippen LogP contribution in [0.15, 0.2) is 24.6 Å². The van der Waals surface area contributed by atoms with E-state index in [1.165, 1.54) is 12.2 Å². The summed E-state index contributed by atoms with van der Waals surface area (Å²) in [5.41, 5.74) is 0. The summed E-state index contributed by atoms with van der Waals surface area (Å²) in [6.45, 7) is 0. The molecular formula is C6H6F3N. The van der Waals surface area contributed by atoms with Crippen molar-refractivity contribution in [2.75, 3.05) is 0 Å². The minimum atomic E-state index is -4.27. The molecule has 1 heterocycles. The van der Waals surface area contributed by atoms with Crippen molar-refractivity contribution in [2.24, 2.45) is 0 Å². The van der Waals surface area contributed by atoms with Gasteiger partial charge in [-0.05, 0) is 6.42 Å². The molecule has 0 aliphatic carbocycles. The highest BCUT2D eigenvalue weighted by atomic mass is 19.4. The first-order valence-electron chi connectivity index (χ1n) is 2.79. The topological polar surface area (TPSA) is 3.24 Å². The van der Waals surface area contributed by atoms with Gasteiger partial charge in [-0.1, -0.05) is 12.2 Å². The molecule has 0 aromatic heterocycles. The van der Waals surface area contributed by atoms with Crippen LogP contribution in [-0.2, 0) is 0 Å². The lowest BCUT2D eigenvalue weighted by molar-refractivity contribution is -0.211. The average molecular weight is 149 g/mol. The zero-order valence-corrected chi connectivity index (χ0v) is 5.10. The van der Waals surface area contributed by atoms with Gasteiger partial charge in [-0.3, -0.25) is 4.90 Å². The van der Waals surface area contributed by atoms with E-state index in [0.717, 1.165) is 12.4 Å². The molecule has 1 aliphatic heterocycles. The normalized spacial score (nSPS) is 18.1. The van der Waals surface area contributed by atoms with E-state index in [1.54, 1.807) is 0 Å². The van der Waals surface area contributed by atoms with Gasteiger partial charge in [0.05, 0.1) is 0 Å². The Kier molecular flexibility index (Phi) is 1.70. The van der Waals surface area contributed by atoms with E-state index in [0.29, 0.717) is 6.42 Å². The molecule has 10 heavy (non-hydrogen) atoms. The van der Waals surface area contributed by atoms with Crippen molar-refractivity contribution >= 4 is 0 Å². The Morgan fingerprint density at radius 2 is 1.60 bits per heavy atom. The molecule has 0 spiro atoms. The molecule has 0 aromatic carbocycles. The molecule has 0 N–H and O–H groups in total. The summed E-state index contributed by atoms with van der Waals surface area (Å²) < 4.78 is 35.3. The van der Waals surface area contributed by atoms with Crippen LogP contribution in [0.4, 0.5) is 13.2 Å². The third-order valence-electron chi connectivity index (χ3n) is 1.10. The molecule has 1 rings (SSSR count). The maximum atomic E-state index is 11.8. The van der Waals surface area contributed by atoms with Gasteiger partial charge in [0.25, 0.3) is 0 Å². The first kappa shape index (κ1) is 7.18. The molecule has 0 radical (unpaired) electrons. The predicted octanol–water partition coefficient (Wildman–Crippen LogP) is 2.24. The van der Waals surface area contributed by atoms with Crippen molar-refractivity contribution < 1.29 is 13.2 Å². The first-order valence-corrected chi connectivity index (χ1v) is 2.79. The Morgan fingerprint density at radius 3 is 1.90 bits per heavy atom. The van der Waals surface area contributed by atoms with Crippen molar-refractivity contribution in [3.63, 3.8) is 0 Å². The second-order valence-corrected chi connectivity index (χ2v) is 1.88. The molecular weight excluding hydrogens is 143 g/mol. The Balaban J connectivity index is 2.64. The number of rotatable bonds is 0. The maximum Gasteiger partial charge on any atom is 0.488 e. The van der Waals surface area contributed by atoms with E-state index in [4.69, 9.17) is 0 Å². The molecule has 0 aromatic rings. The van der Waals surface area contributed by atoms with Crippen LogP contribution in [0.2, 0.25) is 0 Å². The minimum absolute atomic E-state index is 0.219. The Bertz CT molecular complexity index is 156. The summed E-state index contributed by atoms with van der Waals surface area (Å²) in [4.78, 5) is 0.219. The van der Waals surface area contributed by atoms with Crippen LogP contribution in [-0.4, -0.2) is 11.2 Å². The molecule has 56 valence electrons. The lowest BCUT2D eigenvalue weighted by Crippen LogP contribution is -2.28. The van der Waals surface area contributed by atoms with Crippen LogP contribution >= 0.6 is 0 Å². The van der Waals surface area contributed by atoms with Gasteiger partial charge >= 0.3 is 6.30 Å². The largest absolute Gasteiger partial charge is 0.488 e. The number of alkyl halides is 3. The highest BCUT2D eigenvalue weighted by Gasteiger charge is 2.33. The zero-order chi connectivity index (χ0) is 7.61. The van der Waals surface area contributed by atoms with Crippen molar-refractivity contribution in [3.05, 3.63) is 24.6 Å². The summed E-state index contributed by atoms with van der Waals surface area (Å²) in [5, 5.41) is 0. The lowest BCUT2D eigenvalue weighted by atomic mass is 10.3. The van der Waals surface area contributed by atoms with Crippen LogP contribution < -0.4 is 0 Å². The lowest BCUT2D eigenvalue weighted by Gasteiger charge is -2.20. The summed E-state index contributed by atoms with van der Waals surface area (Å²) >= 11 is 0. The number of allylic oxidation sites excluding steroid dienone is 2. The smallest absolute Gasteiger partial charge is 0.267 e. The van der Waals surface area contributed by atoms with Gasteiger partial charge in [-0.25, -0.2) is 0 Å². The highest BCUT2D eigenvalue weighted by molar-refractivity contribution is 5.02. The van der Waals surface area contributed by atoms with Gasteiger partial charge < -0.3 is 0 Å². The minimum Gasteiger partial charge on any atom is -0.267 e. The molecule has 0 unspecified atom stereocenters. The predicted molar refractivity (Wildman–Crippen MR) is 30.8 cm³/mol. The molecule has 0 saturated carbocycles. The second-order valence-electron chi connectivity index (χ2n) is 1.88. The van der Waals surface area contributed by atoms with Gasteiger partial charge in [0, 0.05) is 12.4 Å². The Hall–Kier alpha value is -0.930. The van der Waals surface area contributed by atoms with Gasteiger partial charge in [0.1, 0.15) is 0 Å². The van der Waals surface area contributed by atoms with Crippen LogP contribution in [0.5, 0.6) is 0 Å². The maximum absolute atomic E-state index is 11.8. The fourth-order valence-corrected chi connectivity index (χ4v) is 0.646. The SMILES string of the molecule is FC(F)(F)N1C=CCC=C1. The quantitative estimate of drug-likeness (QED) is 0.477. The third-order valence-corrected chi connectivity index (χ3v) is 1.10. The van der Waals surface area contributed by atoms with Crippen molar-refractivity contribution in [2.45, 2.75) is 12.7 Å². The number of hydrogen-bond acceptors (Lipinski definition) is 1. The van der Waals surface area contributed by atoms with E-state index in [-0.39, 0.29) is 4.90 Å². The summed E-state index contributed by atoms with van der Waals surface area (Å²) in [6, 6.07) is 0. The standard InChI is InChI=1S/C6H6F3N/c7-6(8,9)10-4-2-1-3-5-10/h2-5H,1H2. The van der Waals surface area contributed by atoms with E-state index in [2.05, 4.69) is 0 Å². The number of nitrogens with zero attached hydrogens (tertiary/aromatic N) is 1.